The van der Waals surface area contributed by atoms with Gasteiger partial charge in [0.15, 0.2) is 0 Å². The van der Waals surface area contributed by atoms with Crippen molar-refractivity contribution in [1.29, 1.82) is 5.26 Å². The summed E-state index contributed by atoms with van der Waals surface area (Å²) in [5, 5.41) is 8.20. The molecule has 2 atom stereocenters. The van der Waals surface area contributed by atoms with Gasteiger partial charge in [-0.15, -0.1) is 0 Å². The van der Waals surface area contributed by atoms with Crippen LogP contribution in [-0.4, -0.2) is 38.5 Å². The second kappa shape index (κ2) is 9.82. The molecule has 0 bridgehead atoms. The van der Waals surface area contributed by atoms with E-state index in [0.717, 1.165) is 18.6 Å². The summed E-state index contributed by atoms with van der Waals surface area (Å²) in [6.07, 6.45) is 2.94. The summed E-state index contributed by atoms with van der Waals surface area (Å²) < 4.78 is 15.3. The second-order valence-electron chi connectivity index (χ2n) is 3.61. The molecule has 0 aliphatic heterocycles. The van der Waals surface area contributed by atoms with E-state index >= 15 is 0 Å². The molecule has 17 heavy (non-hydrogen) atoms. The summed E-state index contributed by atoms with van der Waals surface area (Å²) >= 11 is 0. The van der Waals surface area contributed by atoms with Crippen LogP contribution in [-0.2, 0) is 19.0 Å². The van der Waals surface area contributed by atoms with Crippen LogP contribution >= 0.6 is 0 Å². The molecule has 0 heterocycles. The number of hydrogen-bond acceptors (Lipinski definition) is 5. The van der Waals surface area contributed by atoms with E-state index in [2.05, 4.69) is 0 Å². The van der Waals surface area contributed by atoms with Gasteiger partial charge in [-0.3, -0.25) is 0 Å². The molecule has 0 aromatic rings. The van der Waals surface area contributed by atoms with Gasteiger partial charge in [-0.1, -0.05) is 0 Å². The molecular weight excluding hydrogens is 222 g/mol. The number of ether oxygens (including phenoxy) is 3. The molecule has 0 saturated carbocycles. The van der Waals surface area contributed by atoms with Crippen LogP contribution in [0.3, 0.4) is 0 Å². The monoisotopic (exact) mass is 241 g/mol. The SMILES string of the molecule is COC(C)CCOC(C)COC(=O)C=CC#N. The highest BCUT2D eigenvalue weighted by Crippen LogP contribution is 1.99. The predicted octanol–water partition coefficient (Wildman–Crippen LogP) is 1.44. The molecule has 96 valence electrons. The van der Waals surface area contributed by atoms with Gasteiger partial charge in [-0.25, -0.2) is 4.79 Å². The molecular formula is C12H19NO4. The largest absolute Gasteiger partial charge is 0.460 e. The second-order valence-corrected chi connectivity index (χ2v) is 3.61. The summed E-state index contributed by atoms with van der Waals surface area (Å²) in [4.78, 5) is 11.0. The van der Waals surface area contributed by atoms with Crippen molar-refractivity contribution < 1.29 is 19.0 Å². The van der Waals surface area contributed by atoms with E-state index in [1.165, 1.54) is 0 Å². The minimum atomic E-state index is -0.535. The maximum Gasteiger partial charge on any atom is 0.331 e. The van der Waals surface area contributed by atoms with Gasteiger partial charge in [-0.05, 0) is 20.3 Å². The number of esters is 1. The molecule has 0 rings (SSSR count). The van der Waals surface area contributed by atoms with Crippen LogP contribution in [0, 0.1) is 11.3 Å². The molecule has 0 amide bonds. The average Bonchev–Trinajstić information content (AvgIpc) is 2.33. The lowest BCUT2D eigenvalue weighted by atomic mass is 10.3. The van der Waals surface area contributed by atoms with Gasteiger partial charge in [0.2, 0.25) is 0 Å². The van der Waals surface area contributed by atoms with Crippen molar-refractivity contribution >= 4 is 5.97 Å². The van der Waals surface area contributed by atoms with Crippen LogP contribution in [0.5, 0.6) is 0 Å². The molecule has 0 aromatic heterocycles. The highest BCUT2D eigenvalue weighted by Gasteiger charge is 2.06. The predicted molar refractivity (Wildman–Crippen MR) is 62.2 cm³/mol. The van der Waals surface area contributed by atoms with Crippen molar-refractivity contribution in [1.82, 2.24) is 0 Å². The zero-order chi connectivity index (χ0) is 13.1. The van der Waals surface area contributed by atoms with Crippen molar-refractivity contribution in [3.8, 4) is 6.07 Å². The first-order valence-electron chi connectivity index (χ1n) is 5.47. The van der Waals surface area contributed by atoms with Gasteiger partial charge in [0, 0.05) is 25.9 Å². The van der Waals surface area contributed by atoms with Crippen LogP contribution in [0.15, 0.2) is 12.2 Å². The third-order valence-electron chi connectivity index (χ3n) is 2.08. The highest BCUT2D eigenvalue weighted by atomic mass is 16.6. The fourth-order valence-corrected chi connectivity index (χ4v) is 0.954. The Morgan fingerprint density at radius 2 is 2.12 bits per heavy atom. The molecule has 0 fully saturated rings. The van der Waals surface area contributed by atoms with Gasteiger partial charge in [0.05, 0.1) is 18.3 Å². The molecule has 0 saturated heterocycles. The van der Waals surface area contributed by atoms with Crippen LogP contribution in [0.4, 0.5) is 0 Å². The Hall–Kier alpha value is -1.38. The maximum atomic E-state index is 11.0. The Bertz CT molecular complexity index is 283. The summed E-state index contributed by atoms with van der Waals surface area (Å²) in [5.41, 5.74) is 0. The average molecular weight is 241 g/mol. The minimum Gasteiger partial charge on any atom is -0.460 e. The van der Waals surface area contributed by atoms with Crippen molar-refractivity contribution in [3.63, 3.8) is 0 Å². The summed E-state index contributed by atoms with van der Waals surface area (Å²) in [5.74, 6) is -0.535. The zero-order valence-corrected chi connectivity index (χ0v) is 10.5. The summed E-state index contributed by atoms with van der Waals surface area (Å²) in [6, 6.07) is 1.71. The van der Waals surface area contributed by atoms with Crippen molar-refractivity contribution in [3.05, 3.63) is 12.2 Å². The number of rotatable bonds is 8. The lowest BCUT2D eigenvalue weighted by molar-refractivity contribution is -0.141. The Morgan fingerprint density at radius 1 is 1.41 bits per heavy atom. The molecule has 5 heteroatoms. The van der Waals surface area contributed by atoms with E-state index in [-0.39, 0.29) is 18.8 Å². The van der Waals surface area contributed by atoms with Crippen molar-refractivity contribution in [2.45, 2.75) is 32.5 Å². The van der Waals surface area contributed by atoms with E-state index in [1.54, 1.807) is 13.2 Å². The van der Waals surface area contributed by atoms with Crippen molar-refractivity contribution in [2.75, 3.05) is 20.3 Å². The Balaban J connectivity index is 3.59. The molecule has 0 radical (unpaired) electrons. The van der Waals surface area contributed by atoms with Gasteiger partial charge in [0.25, 0.3) is 0 Å². The van der Waals surface area contributed by atoms with Gasteiger partial charge >= 0.3 is 5.97 Å². The summed E-state index contributed by atoms with van der Waals surface area (Å²) in [6.45, 7) is 4.51. The quantitative estimate of drug-likeness (QED) is 0.365. The number of carbonyl (C=O) groups excluding carboxylic acids is 1. The van der Waals surface area contributed by atoms with E-state index in [0.29, 0.717) is 6.61 Å². The first-order valence-corrected chi connectivity index (χ1v) is 5.47. The summed E-state index contributed by atoms with van der Waals surface area (Å²) in [7, 11) is 1.65. The lowest BCUT2D eigenvalue weighted by Gasteiger charge is -2.14. The van der Waals surface area contributed by atoms with E-state index < -0.39 is 5.97 Å². The Kier molecular flexibility index (Phi) is 9.02. The number of methoxy groups -OCH3 is 1. The fraction of sp³-hybridized carbons (Fsp3) is 0.667. The number of nitriles is 1. The van der Waals surface area contributed by atoms with Gasteiger partial charge in [-0.2, -0.15) is 5.26 Å². The molecule has 5 nitrogen and oxygen atoms in total. The Morgan fingerprint density at radius 3 is 2.71 bits per heavy atom. The topological polar surface area (TPSA) is 68.6 Å². The smallest absolute Gasteiger partial charge is 0.331 e. The molecule has 0 spiro atoms. The van der Waals surface area contributed by atoms with Crippen LogP contribution in [0.25, 0.3) is 0 Å². The van der Waals surface area contributed by atoms with Crippen LogP contribution in [0.2, 0.25) is 0 Å². The Labute approximate surface area is 102 Å². The van der Waals surface area contributed by atoms with E-state index in [4.69, 9.17) is 19.5 Å². The molecule has 0 N–H and O–H groups in total. The van der Waals surface area contributed by atoms with E-state index in [9.17, 15) is 4.79 Å². The van der Waals surface area contributed by atoms with Gasteiger partial charge in [0.1, 0.15) is 6.61 Å². The minimum absolute atomic E-state index is 0.156. The molecule has 0 aromatic carbocycles. The normalized spacial score (nSPS) is 14.2. The first-order chi connectivity index (χ1) is 8.10. The molecule has 2 unspecified atom stereocenters. The highest BCUT2D eigenvalue weighted by molar-refractivity contribution is 5.82. The first kappa shape index (κ1) is 15.6. The number of carbonyl (C=O) groups is 1. The third kappa shape index (κ3) is 9.54. The molecule has 0 aliphatic rings. The van der Waals surface area contributed by atoms with Crippen molar-refractivity contribution in [2.24, 2.45) is 0 Å². The van der Waals surface area contributed by atoms with Crippen LogP contribution < -0.4 is 0 Å². The number of allylic oxidation sites excluding steroid dienone is 1. The fourth-order valence-electron chi connectivity index (χ4n) is 0.954. The lowest BCUT2D eigenvalue weighted by Crippen LogP contribution is -2.20. The number of hydrogen-bond donors (Lipinski definition) is 0. The van der Waals surface area contributed by atoms with Gasteiger partial charge < -0.3 is 14.2 Å². The third-order valence-corrected chi connectivity index (χ3v) is 2.08. The zero-order valence-electron chi connectivity index (χ0n) is 10.5. The number of nitrogens with zero attached hydrogens (tertiary/aromatic N) is 1. The van der Waals surface area contributed by atoms with Crippen LogP contribution in [0.1, 0.15) is 20.3 Å². The molecule has 0 aliphatic carbocycles. The maximum absolute atomic E-state index is 11.0. The van der Waals surface area contributed by atoms with E-state index in [1.807, 2.05) is 13.8 Å². The standard InChI is InChI=1S/C12H19NO4/c1-10(15-3)6-8-16-11(2)9-17-12(14)5-4-7-13/h4-5,10-11H,6,8-9H2,1-3H3.